The summed E-state index contributed by atoms with van der Waals surface area (Å²) in [4.78, 5) is 36.7. The van der Waals surface area contributed by atoms with Crippen LogP contribution in [-0.4, -0.2) is 34.7 Å². The number of thioether (sulfide) groups is 1. The summed E-state index contributed by atoms with van der Waals surface area (Å²) in [7, 11) is 0. The third-order valence-electron chi connectivity index (χ3n) is 3.60. The lowest BCUT2D eigenvalue weighted by atomic mass is 10.1. The average Bonchev–Trinajstić information content (AvgIpc) is 2.82. The van der Waals surface area contributed by atoms with Crippen LogP contribution in [0, 0.1) is 0 Å². The molecule has 1 aliphatic heterocycles. The van der Waals surface area contributed by atoms with E-state index in [1.54, 1.807) is 6.92 Å². The molecule has 5 nitrogen and oxygen atoms in total. The minimum Gasteiger partial charge on any atom is -0.461 e. The van der Waals surface area contributed by atoms with E-state index in [0.29, 0.717) is 23.7 Å². The molecule has 140 valence electrons. The lowest BCUT2D eigenvalue weighted by Gasteiger charge is -2.14. The Morgan fingerprint density at radius 3 is 2.42 bits per heavy atom. The van der Waals surface area contributed by atoms with E-state index in [1.165, 1.54) is 18.2 Å². The Hall–Kier alpha value is -2.29. The summed E-state index contributed by atoms with van der Waals surface area (Å²) in [5.41, 5.74) is -0.471. The highest BCUT2D eigenvalue weighted by atomic mass is 32.2. The minimum atomic E-state index is -4.45. The first-order chi connectivity index (χ1) is 12.1. The molecular weight excluding hydrogens is 371 g/mol. The van der Waals surface area contributed by atoms with Gasteiger partial charge in [-0.1, -0.05) is 19.1 Å². The SMILES string of the molecule is CC[C@H](C)OC(=O)CN1C(=O)S/C(=C\c2ccc(C(F)(F)F)cc2)C1=O. The molecule has 1 saturated heterocycles. The van der Waals surface area contributed by atoms with Crippen LogP contribution in [0.1, 0.15) is 31.4 Å². The van der Waals surface area contributed by atoms with Crippen molar-refractivity contribution in [2.45, 2.75) is 32.5 Å². The molecule has 0 N–H and O–H groups in total. The Bertz CT molecular complexity index is 743. The van der Waals surface area contributed by atoms with Crippen molar-refractivity contribution < 1.29 is 32.3 Å². The number of alkyl halides is 3. The normalized spacial score (nSPS) is 17.7. The third kappa shape index (κ3) is 4.87. The maximum Gasteiger partial charge on any atom is 0.416 e. The van der Waals surface area contributed by atoms with E-state index < -0.39 is 35.4 Å². The molecule has 0 aromatic heterocycles. The van der Waals surface area contributed by atoms with Crippen LogP contribution in [0.25, 0.3) is 6.08 Å². The van der Waals surface area contributed by atoms with Crippen LogP contribution in [0.15, 0.2) is 29.2 Å². The van der Waals surface area contributed by atoms with Crippen molar-refractivity contribution in [1.82, 2.24) is 4.90 Å². The summed E-state index contributed by atoms with van der Waals surface area (Å²) >= 11 is 0.622. The number of esters is 1. The van der Waals surface area contributed by atoms with Crippen LogP contribution in [0.2, 0.25) is 0 Å². The molecule has 1 aliphatic rings. The highest BCUT2D eigenvalue weighted by Crippen LogP contribution is 2.33. The van der Waals surface area contributed by atoms with Gasteiger partial charge in [0.25, 0.3) is 11.1 Å². The molecule has 1 aromatic rings. The molecular formula is C17H16F3NO4S. The smallest absolute Gasteiger partial charge is 0.416 e. The molecule has 1 aromatic carbocycles. The van der Waals surface area contributed by atoms with Gasteiger partial charge in [0, 0.05) is 0 Å². The predicted molar refractivity (Wildman–Crippen MR) is 90.0 cm³/mol. The third-order valence-corrected chi connectivity index (χ3v) is 4.51. The van der Waals surface area contributed by atoms with Crippen molar-refractivity contribution in [3.8, 4) is 0 Å². The maximum atomic E-state index is 12.6. The Morgan fingerprint density at radius 1 is 1.27 bits per heavy atom. The fraction of sp³-hybridized carbons (Fsp3) is 0.353. The van der Waals surface area contributed by atoms with Gasteiger partial charge in [-0.05, 0) is 48.9 Å². The van der Waals surface area contributed by atoms with E-state index in [9.17, 15) is 27.6 Å². The molecule has 0 radical (unpaired) electrons. The second-order valence-electron chi connectivity index (χ2n) is 5.60. The van der Waals surface area contributed by atoms with Gasteiger partial charge in [0.2, 0.25) is 0 Å². The molecule has 1 atom stereocenters. The highest BCUT2D eigenvalue weighted by molar-refractivity contribution is 8.18. The number of halogens is 3. The molecule has 2 rings (SSSR count). The van der Waals surface area contributed by atoms with Crippen molar-refractivity contribution >= 4 is 35.0 Å². The fourth-order valence-electron chi connectivity index (χ4n) is 2.03. The largest absolute Gasteiger partial charge is 0.461 e. The molecule has 2 amide bonds. The zero-order chi connectivity index (χ0) is 19.5. The van der Waals surface area contributed by atoms with Crippen LogP contribution >= 0.6 is 11.8 Å². The molecule has 26 heavy (non-hydrogen) atoms. The standard InChI is InChI=1S/C17H16F3NO4S/c1-3-10(2)25-14(22)9-21-15(23)13(26-16(21)24)8-11-4-6-12(7-5-11)17(18,19)20/h4-8,10H,3,9H2,1-2H3/b13-8-/t10-/m0/s1. The summed E-state index contributed by atoms with van der Waals surface area (Å²) in [6, 6.07) is 4.18. The van der Waals surface area contributed by atoms with Gasteiger partial charge in [0.05, 0.1) is 16.6 Å². The number of ether oxygens (including phenoxy) is 1. The van der Waals surface area contributed by atoms with Crippen LogP contribution in [0.3, 0.4) is 0 Å². The van der Waals surface area contributed by atoms with E-state index in [4.69, 9.17) is 4.74 Å². The molecule has 0 spiro atoms. The second-order valence-corrected chi connectivity index (χ2v) is 6.59. The number of benzene rings is 1. The maximum absolute atomic E-state index is 12.6. The van der Waals surface area contributed by atoms with Gasteiger partial charge in [0.1, 0.15) is 6.54 Å². The molecule has 0 bridgehead atoms. The zero-order valence-corrected chi connectivity index (χ0v) is 14.8. The van der Waals surface area contributed by atoms with Crippen LogP contribution in [0.4, 0.5) is 18.0 Å². The van der Waals surface area contributed by atoms with Crippen LogP contribution in [-0.2, 0) is 20.5 Å². The van der Waals surface area contributed by atoms with Gasteiger partial charge < -0.3 is 4.74 Å². The Kier molecular flexibility index (Phi) is 6.12. The van der Waals surface area contributed by atoms with Crippen molar-refractivity contribution in [2.24, 2.45) is 0 Å². The van der Waals surface area contributed by atoms with Crippen molar-refractivity contribution in [3.63, 3.8) is 0 Å². The fourth-order valence-corrected chi connectivity index (χ4v) is 2.87. The van der Waals surface area contributed by atoms with Crippen molar-refractivity contribution in [2.75, 3.05) is 6.54 Å². The van der Waals surface area contributed by atoms with Gasteiger partial charge in [0.15, 0.2) is 0 Å². The summed E-state index contributed by atoms with van der Waals surface area (Å²) < 4.78 is 42.7. The number of hydrogen-bond acceptors (Lipinski definition) is 5. The van der Waals surface area contributed by atoms with Gasteiger partial charge in [-0.3, -0.25) is 19.3 Å². The van der Waals surface area contributed by atoms with Gasteiger partial charge in [-0.2, -0.15) is 13.2 Å². The average molecular weight is 387 g/mol. The van der Waals surface area contributed by atoms with E-state index in [-0.39, 0.29) is 11.0 Å². The number of amides is 2. The summed E-state index contributed by atoms with van der Waals surface area (Å²) in [6.07, 6.45) is -2.87. The van der Waals surface area contributed by atoms with Crippen molar-refractivity contribution in [3.05, 3.63) is 40.3 Å². The van der Waals surface area contributed by atoms with Crippen LogP contribution < -0.4 is 0 Å². The number of carbonyl (C=O) groups is 3. The lowest BCUT2D eigenvalue weighted by Crippen LogP contribution is -2.35. The Labute approximate surface area is 152 Å². The van der Waals surface area contributed by atoms with Crippen LogP contribution in [0.5, 0.6) is 0 Å². The number of hydrogen-bond donors (Lipinski definition) is 0. The number of nitrogens with zero attached hydrogens (tertiary/aromatic N) is 1. The molecule has 9 heteroatoms. The van der Waals surface area contributed by atoms with Crippen molar-refractivity contribution in [1.29, 1.82) is 0 Å². The quantitative estimate of drug-likeness (QED) is 0.563. The van der Waals surface area contributed by atoms with Gasteiger partial charge in [-0.25, -0.2) is 0 Å². The first kappa shape index (κ1) is 20.0. The van der Waals surface area contributed by atoms with Gasteiger partial charge >= 0.3 is 12.1 Å². The predicted octanol–water partition coefficient (Wildman–Crippen LogP) is 4.08. The first-order valence-corrected chi connectivity index (χ1v) is 8.55. The molecule has 1 heterocycles. The van der Waals surface area contributed by atoms with E-state index >= 15 is 0 Å². The highest BCUT2D eigenvalue weighted by Gasteiger charge is 2.37. The monoisotopic (exact) mass is 387 g/mol. The minimum absolute atomic E-state index is 0.0334. The van der Waals surface area contributed by atoms with E-state index in [1.807, 2.05) is 6.92 Å². The molecule has 0 aliphatic carbocycles. The summed E-state index contributed by atoms with van der Waals surface area (Å²) in [6.45, 7) is 3.01. The molecule has 0 unspecified atom stereocenters. The number of carbonyl (C=O) groups excluding carboxylic acids is 3. The Balaban J connectivity index is 2.10. The first-order valence-electron chi connectivity index (χ1n) is 7.74. The van der Waals surface area contributed by atoms with Gasteiger partial charge in [-0.15, -0.1) is 0 Å². The van der Waals surface area contributed by atoms with E-state index in [2.05, 4.69) is 0 Å². The Morgan fingerprint density at radius 2 is 1.88 bits per heavy atom. The molecule has 1 fully saturated rings. The number of rotatable bonds is 5. The topological polar surface area (TPSA) is 63.7 Å². The van der Waals surface area contributed by atoms with E-state index in [0.717, 1.165) is 17.0 Å². The summed E-state index contributed by atoms with van der Waals surface area (Å²) in [5, 5.41) is -0.630. The second kappa shape index (κ2) is 7.94. The zero-order valence-electron chi connectivity index (χ0n) is 14.0. The lowest BCUT2D eigenvalue weighted by molar-refractivity contribution is -0.150. The summed E-state index contributed by atoms with van der Waals surface area (Å²) in [5.74, 6) is -1.38. The molecule has 0 saturated carbocycles. The number of imide groups is 1.